The Hall–Kier alpha value is -0.690. The number of thioether (sulfide) groups is 1. The van der Waals surface area contributed by atoms with Gasteiger partial charge in [-0.3, -0.25) is 0 Å². The SMILES string of the molecule is C=C(C)SC(/C=C\C)=C(\C/C=C\C)C(C)C. The van der Waals surface area contributed by atoms with Gasteiger partial charge in [-0.25, -0.2) is 0 Å². The average Bonchev–Trinajstić information content (AvgIpc) is 2.17. The molecule has 0 aromatic rings. The summed E-state index contributed by atoms with van der Waals surface area (Å²) in [5.74, 6) is 0.578. The van der Waals surface area contributed by atoms with Crippen LogP contribution in [0, 0.1) is 5.92 Å². The monoisotopic (exact) mass is 236 g/mol. The van der Waals surface area contributed by atoms with Gasteiger partial charge in [-0.1, -0.05) is 56.5 Å². The van der Waals surface area contributed by atoms with E-state index in [0.29, 0.717) is 5.92 Å². The second-order valence-corrected chi connectivity index (χ2v) is 5.46. The lowest BCUT2D eigenvalue weighted by Gasteiger charge is -2.14. The van der Waals surface area contributed by atoms with Crippen LogP contribution in [0.25, 0.3) is 0 Å². The second-order valence-electron chi connectivity index (χ2n) is 4.12. The van der Waals surface area contributed by atoms with Crippen molar-refractivity contribution >= 4 is 11.8 Å². The maximum atomic E-state index is 3.98. The summed E-state index contributed by atoms with van der Waals surface area (Å²) in [6, 6.07) is 0. The topological polar surface area (TPSA) is 0 Å². The van der Waals surface area contributed by atoms with Crippen LogP contribution < -0.4 is 0 Å². The highest BCUT2D eigenvalue weighted by Crippen LogP contribution is 2.32. The van der Waals surface area contributed by atoms with E-state index in [-0.39, 0.29) is 0 Å². The van der Waals surface area contributed by atoms with E-state index in [1.807, 2.05) is 0 Å². The van der Waals surface area contributed by atoms with Crippen LogP contribution >= 0.6 is 11.8 Å². The Kier molecular flexibility index (Phi) is 8.10. The summed E-state index contributed by atoms with van der Waals surface area (Å²) in [7, 11) is 0. The minimum Gasteiger partial charge on any atom is -0.0955 e. The molecule has 0 rings (SSSR count). The van der Waals surface area contributed by atoms with Gasteiger partial charge in [0.05, 0.1) is 0 Å². The van der Waals surface area contributed by atoms with Crippen LogP contribution in [-0.4, -0.2) is 0 Å². The van der Waals surface area contributed by atoms with Crippen LogP contribution in [0.1, 0.15) is 41.0 Å². The molecule has 0 fully saturated rings. The summed E-state index contributed by atoms with van der Waals surface area (Å²) in [4.78, 5) is 2.50. The van der Waals surface area contributed by atoms with Crippen molar-refractivity contribution < 1.29 is 0 Å². The van der Waals surface area contributed by atoms with Gasteiger partial charge in [0.25, 0.3) is 0 Å². The number of allylic oxidation sites excluding steroid dienone is 6. The summed E-state index contributed by atoms with van der Waals surface area (Å²) >= 11 is 1.78. The van der Waals surface area contributed by atoms with Gasteiger partial charge in [0.15, 0.2) is 0 Å². The van der Waals surface area contributed by atoms with Crippen LogP contribution in [-0.2, 0) is 0 Å². The fourth-order valence-electron chi connectivity index (χ4n) is 1.41. The van der Waals surface area contributed by atoms with Crippen molar-refractivity contribution in [1.29, 1.82) is 0 Å². The smallest absolute Gasteiger partial charge is 0.0113 e. The van der Waals surface area contributed by atoms with Crippen molar-refractivity contribution in [1.82, 2.24) is 0 Å². The van der Waals surface area contributed by atoms with Gasteiger partial charge in [-0.05, 0) is 43.6 Å². The minimum atomic E-state index is 0.578. The average molecular weight is 236 g/mol. The van der Waals surface area contributed by atoms with Crippen molar-refractivity contribution in [3.05, 3.63) is 46.3 Å². The minimum absolute atomic E-state index is 0.578. The lowest BCUT2D eigenvalue weighted by molar-refractivity contribution is 0.745. The van der Waals surface area contributed by atoms with Gasteiger partial charge in [-0.15, -0.1) is 0 Å². The molecule has 90 valence electrons. The Morgan fingerprint density at radius 3 is 2.25 bits per heavy atom. The van der Waals surface area contributed by atoms with Crippen LogP contribution in [0.5, 0.6) is 0 Å². The number of hydrogen-bond donors (Lipinski definition) is 0. The molecule has 0 aliphatic carbocycles. The lowest BCUT2D eigenvalue weighted by Crippen LogP contribution is -1.96. The molecule has 0 atom stereocenters. The zero-order valence-corrected chi connectivity index (χ0v) is 12.0. The molecule has 0 saturated heterocycles. The highest BCUT2D eigenvalue weighted by atomic mass is 32.2. The van der Waals surface area contributed by atoms with E-state index in [2.05, 4.69) is 65.5 Å². The molecule has 0 aliphatic rings. The van der Waals surface area contributed by atoms with Crippen molar-refractivity contribution in [2.24, 2.45) is 5.92 Å². The molecular weight excluding hydrogens is 212 g/mol. The highest BCUT2D eigenvalue weighted by Gasteiger charge is 2.08. The third-order valence-corrected chi connectivity index (χ3v) is 3.16. The van der Waals surface area contributed by atoms with Gasteiger partial charge < -0.3 is 0 Å². The van der Waals surface area contributed by atoms with Gasteiger partial charge in [-0.2, -0.15) is 0 Å². The normalized spacial score (nSPS) is 13.9. The van der Waals surface area contributed by atoms with Crippen molar-refractivity contribution in [3.63, 3.8) is 0 Å². The zero-order chi connectivity index (χ0) is 12.6. The first-order valence-corrected chi connectivity index (χ1v) is 6.64. The van der Waals surface area contributed by atoms with E-state index in [0.717, 1.165) is 11.3 Å². The molecule has 0 aliphatic heterocycles. The van der Waals surface area contributed by atoms with E-state index in [1.165, 1.54) is 10.5 Å². The molecule has 0 spiro atoms. The van der Waals surface area contributed by atoms with Crippen molar-refractivity contribution in [3.8, 4) is 0 Å². The fourth-order valence-corrected chi connectivity index (χ4v) is 2.44. The predicted octanol–water partition coefficient (Wildman–Crippen LogP) is 5.71. The first-order valence-electron chi connectivity index (χ1n) is 5.83. The van der Waals surface area contributed by atoms with Gasteiger partial charge in [0.2, 0.25) is 0 Å². The summed E-state index contributed by atoms with van der Waals surface area (Å²) < 4.78 is 0. The molecule has 0 N–H and O–H groups in total. The Labute approximate surface area is 105 Å². The van der Waals surface area contributed by atoms with E-state index < -0.39 is 0 Å². The zero-order valence-electron chi connectivity index (χ0n) is 11.2. The molecular formula is C15H24S. The highest BCUT2D eigenvalue weighted by molar-refractivity contribution is 8.06. The van der Waals surface area contributed by atoms with Crippen molar-refractivity contribution in [2.75, 3.05) is 0 Å². The van der Waals surface area contributed by atoms with Crippen molar-refractivity contribution in [2.45, 2.75) is 41.0 Å². The molecule has 0 nitrogen and oxygen atoms in total. The molecule has 0 bridgehead atoms. The fraction of sp³-hybridized carbons (Fsp3) is 0.467. The molecule has 0 amide bonds. The summed E-state index contributed by atoms with van der Waals surface area (Å²) in [5.41, 5.74) is 1.49. The third kappa shape index (κ3) is 6.02. The van der Waals surface area contributed by atoms with Crippen LogP contribution in [0.2, 0.25) is 0 Å². The van der Waals surface area contributed by atoms with Crippen LogP contribution in [0.15, 0.2) is 46.3 Å². The number of rotatable bonds is 6. The van der Waals surface area contributed by atoms with Gasteiger partial charge in [0, 0.05) is 4.91 Å². The summed E-state index contributed by atoms with van der Waals surface area (Å²) in [6.45, 7) is 14.7. The Balaban J connectivity index is 5.15. The Morgan fingerprint density at radius 1 is 1.25 bits per heavy atom. The van der Waals surface area contributed by atoms with Crippen LogP contribution in [0.3, 0.4) is 0 Å². The maximum absolute atomic E-state index is 3.98. The molecule has 0 radical (unpaired) electrons. The molecule has 0 saturated carbocycles. The summed E-state index contributed by atoms with van der Waals surface area (Å²) in [5, 5.41) is 0. The third-order valence-electron chi connectivity index (χ3n) is 2.19. The largest absolute Gasteiger partial charge is 0.0955 e. The quantitative estimate of drug-likeness (QED) is 0.421. The van der Waals surface area contributed by atoms with Gasteiger partial charge in [0.1, 0.15) is 0 Å². The van der Waals surface area contributed by atoms with E-state index >= 15 is 0 Å². The van der Waals surface area contributed by atoms with Gasteiger partial charge >= 0.3 is 0 Å². The lowest BCUT2D eigenvalue weighted by atomic mass is 9.99. The molecule has 0 unspecified atom stereocenters. The number of hydrogen-bond acceptors (Lipinski definition) is 1. The molecule has 0 aromatic heterocycles. The maximum Gasteiger partial charge on any atom is 0.0113 e. The van der Waals surface area contributed by atoms with E-state index in [1.54, 1.807) is 11.8 Å². The second kappa shape index (κ2) is 8.46. The molecule has 16 heavy (non-hydrogen) atoms. The molecule has 0 aromatic carbocycles. The first-order chi connectivity index (χ1) is 7.52. The first kappa shape index (κ1) is 15.3. The Morgan fingerprint density at radius 2 is 1.88 bits per heavy atom. The van der Waals surface area contributed by atoms with Crippen LogP contribution in [0.4, 0.5) is 0 Å². The van der Waals surface area contributed by atoms with E-state index in [4.69, 9.17) is 0 Å². The predicted molar refractivity (Wildman–Crippen MR) is 78.5 cm³/mol. The Bertz CT molecular complexity index is 303. The standard InChI is InChI=1S/C15H24S/c1-7-9-11-14(12(3)4)15(10-8-2)16-13(5)6/h7-10,12H,5,11H2,1-4,6H3/b9-7-,10-8-,15-14+. The molecule has 0 heterocycles. The van der Waals surface area contributed by atoms with E-state index in [9.17, 15) is 0 Å². The summed E-state index contributed by atoms with van der Waals surface area (Å²) in [6.07, 6.45) is 9.66. The molecule has 1 heteroatoms.